The lowest BCUT2D eigenvalue weighted by atomic mass is 9.78. The molecule has 2 amide bonds. The Kier molecular flexibility index (Phi) is 28.8. The molecule has 2 bridgehead atoms. The van der Waals surface area contributed by atoms with Gasteiger partial charge in [0.25, 0.3) is 11.7 Å². The molecule has 3 N–H and O–H groups in total. The molecule has 1 aliphatic carbocycles. The van der Waals surface area contributed by atoms with Gasteiger partial charge < -0.3 is 53.6 Å². The highest BCUT2D eigenvalue weighted by molar-refractivity contribution is 7.98. The highest BCUT2D eigenvalue weighted by atomic mass is 35.5. The number of fused-ring (bicyclic) bond motifs is 3. The molecule has 16 atom stereocenters. The molecule has 10 unspecified atom stereocenters. The SMILES string of the molecule is COC1CC2CC[C@@H](C)[C@@](O)(O2)C(=O)C(=O)N2CCCC[C@H]2C(=O)OC(C(C)CC2CC[C@@H](OC(=O)NC(CSCc3ccccc3)C(=O)OCc3ccc(Cl)cc3)C(OC)C2)CC(=O)C(C)/C=C(\C)[C@@H](O)C(OC)C(=O)[C@H](C)CC(C)\C=C/C=C/C=C/1C. The van der Waals surface area contributed by atoms with Gasteiger partial charge in [0, 0.05) is 75.0 Å². The third-order valence-electron chi connectivity index (χ3n) is 18.0. The molecule has 0 spiro atoms. The van der Waals surface area contributed by atoms with Gasteiger partial charge in [-0.05, 0) is 130 Å². The lowest BCUT2D eigenvalue weighted by Crippen LogP contribution is -2.61. The summed E-state index contributed by atoms with van der Waals surface area (Å²) in [5.41, 5.74) is 2.97. The maximum absolute atomic E-state index is 14.8. The summed E-state index contributed by atoms with van der Waals surface area (Å²) >= 11 is 7.52. The number of methoxy groups -OCH3 is 3. The van der Waals surface area contributed by atoms with Gasteiger partial charge in [0.1, 0.15) is 48.9 Å². The number of benzene rings is 2. The first-order valence-electron chi connectivity index (χ1n) is 31.4. The summed E-state index contributed by atoms with van der Waals surface area (Å²) in [6.07, 6.45) is 8.62. The van der Waals surface area contributed by atoms with Gasteiger partial charge >= 0.3 is 18.0 Å². The van der Waals surface area contributed by atoms with Gasteiger partial charge in [-0.2, -0.15) is 11.8 Å². The first-order chi connectivity index (χ1) is 42.5. The molecule has 20 heteroatoms. The van der Waals surface area contributed by atoms with E-state index in [0.717, 1.165) is 16.7 Å². The van der Waals surface area contributed by atoms with Gasteiger partial charge in [0.05, 0.1) is 18.3 Å². The van der Waals surface area contributed by atoms with Crippen LogP contribution in [-0.4, -0.2) is 151 Å². The summed E-state index contributed by atoms with van der Waals surface area (Å²) < 4.78 is 41.7. The largest absolute Gasteiger partial charge is 0.460 e. The van der Waals surface area contributed by atoms with Crippen LogP contribution in [0.3, 0.4) is 0 Å². The summed E-state index contributed by atoms with van der Waals surface area (Å²) in [5, 5.41) is 27.0. The van der Waals surface area contributed by atoms with E-state index in [4.69, 9.17) is 44.8 Å². The van der Waals surface area contributed by atoms with E-state index in [1.165, 1.54) is 30.9 Å². The molecule has 89 heavy (non-hydrogen) atoms. The maximum atomic E-state index is 14.8. The molecule has 6 rings (SSSR count). The van der Waals surface area contributed by atoms with Crippen molar-refractivity contribution in [3.05, 3.63) is 118 Å². The van der Waals surface area contributed by atoms with Crippen molar-refractivity contribution in [1.29, 1.82) is 0 Å². The number of carbonyl (C=O) groups excluding carboxylic acids is 7. The number of nitrogens with zero attached hydrogens (tertiary/aromatic N) is 1. The summed E-state index contributed by atoms with van der Waals surface area (Å²) in [4.78, 5) is 101. The zero-order valence-electron chi connectivity index (χ0n) is 53.5. The van der Waals surface area contributed by atoms with Gasteiger partial charge in [-0.3, -0.25) is 19.2 Å². The molecule has 0 aromatic heterocycles. The van der Waals surface area contributed by atoms with E-state index >= 15 is 0 Å². The van der Waals surface area contributed by atoms with Gasteiger partial charge in [-0.15, -0.1) is 0 Å². The maximum Gasteiger partial charge on any atom is 0.408 e. The molecule has 2 saturated heterocycles. The second-order valence-electron chi connectivity index (χ2n) is 24.9. The molecule has 18 nitrogen and oxygen atoms in total. The Hall–Kier alpha value is -5.51. The van der Waals surface area contributed by atoms with Crippen LogP contribution in [0.1, 0.15) is 137 Å². The minimum absolute atomic E-state index is 0.0184. The lowest BCUT2D eigenvalue weighted by molar-refractivity contribution is -0.265. The Morgan fingerprint density at radius 1 is 0.831 bits per heavy atom. The number of Topliss-reactive ketones (excluding diaryl/α,β-unsaturated/α-hetero) is 3. The summed E-state index contributed by atoms with van der Waals surface area (Å²) in [6, 6.07) is 14.4. The van der Waals surface area contributed by atoms with Crippen LogP contribution >= 0.6 is 23.4 Å². The molecule has 3 aliphatic heterocycles. The van der Waals surface area contributed by atoms with Crippen molar-refractivity contribution in [2.75, 3.05) is 33.6 Å². The molecule has 0 radical (unpaired) electrons. The molecule has 2 aromatic rings. The minimum Gasteiger partial charge on any atom is -0.460 e. The second kappa shape index (κ2) is 35.3. The number of halogens is 1. The van der Waals surface area contributed by atoms with Gasteiger partial charge in [0.2, 0.25) is 5.79 Å². The molecule has 3 heterocycles. The van der Waals surface area contributed by atoms with E-state index in [1.807, 2.05) is 81.5 Å². The highest BCUT2D eigenvalue weighted by Gasteiger charge is 2.53. The first-order valence-corrected chi connectivity index (χ1v) is 33.0. The Morgan fingerprint density at radius 3 is 2.26 bits per heavy atom. The topological polar surface area (TPSA) is 240 Å². The zero-order valence-corrected chi connectivity index (χ0v) is 55.0. The average Bonchev–Trinajstić information content (AvgIpc) is 1.65. The van der Waals surface area contributed by atoms with Crippen LogP contribution in [0.4, 0.5) is 4.79 Å². The third kappa shape index (κ3) is 21.0. The van der Waals surface area contributed by atoms with Crippen molar-refractivity contribution >= 4 is 64.7 Å². The number of ether oxygens (including phenoxy) is 7. The number of thioether (sulfide) groups is 1. The fraction of sp³-hybridized carbons (Fsp3) is 0.609. The predicted octanol–water partition coefficient (Wildman–Crippen LogP) is 10.6. The van der Waals surface area contributed by atoms with Crippen molar-refractivity contribution in [3.63, 3.8) is 0 Å². The number of aliphatic hydroxyl groups excluding tert-OH is 1. The first kappa shape index (κ1) is 72.6. The van der Waals surface area contributed by atoms with Crippen molar-refractivity contribution in [2.45, 2.75) is 198 Å². The number of piperidine rings is 1. The standard InChI is InChI=1S/C69H95ClN2O16S/c1-42-19-13-11-14-20-43(2)58(82-8)37-53-30-24-48(7)69(81,88-53)64(76)65(77)72-32-18-17-23-55(72)67(79)86-59(38-56(73)44(3)34-47(6)62(75)63(84-10)61(74)46(5)33-42)45(4)35-51-27-31-57(60(36-51)83-9)87-68(80)71-54(41-89-40-50-21-15-12-16-22-50)66(78)85-39-49-25-28-52(70)29-26-49/h11-16,19-22,25-26,28-29,34,42,44-46,48,51,53-55,57-60,62-63,75,81H,17-18,23-24,27,30-33,35-41H2,1-10H3,(H,71,80)/b14-11+,19-13-,43-20+,47-34+/t42?,44?,45?,46-,48-,51?,53?,54?,55+,57-,58?,59?,60?,62-,63?,69-/m1/s1. The number of allylic oxidation sites excluding steroid dienone is 6. The minimum atomic E-state index is -2.49. The predicted molar refractivity (Wildman–Crippen MR) is 340 cm³/mol. The van der Waals surface area contributed by atoms with Crippen molar-refractivity contribution in [1.82, 2.24) is 10.2 Å². The van der Waals surface area contributed by atoms with Crippen molar-refractivity contribution in [3.8, 4) is 0 Å². The van der Waals surface area contributed by atoms with Crippen LogP contribution in [0.5, 0.6) is 0 Å². The summed E-state index contributed by atoms with van der Waals surface area (Å²) in [7, 11) is 4.46. The number of hydrogen-bond donors (Lipinski definition) is 3. The van der Waals surface area contributed by atoms with Crippen molar-refractivity contribution in [2.24, 2.45) is 35.5 Å². The van der Waals surface area contributed by atoms with E-state index in [0.29, 0.717) is 74.1 Å². The second-order valence-corrected chi connectivity index (χ2v) is 26.4. The molecule has 490 valence electrons. The van der Waals surface area contributed by atoms with E-state index < -0.39 is 114 Å². The highest BCUT2D eigenvalue weighted by Crippen LogP contribution is 2.38. The van der Waals surface area contributed by atoms with Crippen LogP contribution in [0, 0.1) is 35.5 Å². The van der Waals surface area contributed by atoms with E-state index in [2.05, 4.69) is 5.32 Å². The van der Waals surface area contributed by atoms with Crippen LogP contribution in [0.15, 0.2) is 102 Å². The number of rotatable bonds is 15. The number of nitrogens with one attached hydrogen (secondary N) is 1. The quantitative estimate of drug-likeness (QED) is 0.0650. The number of alkyl carbamates (subject to hydrolysis) is 1. The molecular weight excluding hydrogens is 1180 g/mol. The van der Waals surface area contributed by atoms with Crippen LogP contribution in [-0.2, 0) is 74.3 Å². The Balaban J connectivity index is 1.22. The van der Waals surface area contributed by atoms with E-state index in [-0.39, 0.29) is 61.6 Å². The van der Waals surface area contributed by atoms with Crippen LogP contribution in [0.2, 0.25) is 5.02 Å². The van der Waals surface area contributed by atoms with Crippen LogP contribution < -0.4 is 5.32 Å². The number of carbonyl (C=O) groups is 7. The van der Waals surface area contributed by atoms with Gasteiger partial charge in [-0.25, -0.2) is 14.4 Å². The molecule has 3 fully saturated rings. The Morgan fingerprint density at radius 2 is 1.56 bits per heavy atom. The molecule has 1 saturated carbocycles. The van der Waals surface area contributed by atoms with Gasteiger partial charge in [0.15, 0.2) is 5.78 Å². The fourth-order valence-corrected chi connectivity index (χ4v) is 13.5. The van der Waals surface area contributed by atoms with Crippen LogP contribution in [0.25, 0.3) is 0 Å². The zero-order chi connectivity index (χ0) is 65.0. The number of hydrogen-bond acceptors (Lipinski definition) is 17. The molecule has 2 aromatic carbocycles. The number of esters is 2. The number of amides is 2. The lowest BCUT2D eigenvalue weighted by Gasteiger charge is -2.42. The smallest absolute Gasteiger partial charge is 0.408 e. The molecule has 4 aliphatic rings. The number of cyclic esters (lactones) is 1. The Labute approximate surface area is 535 Å². The number of aliphatic hydroxyl groups is 2. The third-order valence-corrected chi connectivity index (χ3v) is 19.3. The van der Waals surface area contributed by atoms with Gasteiger partial charge in [-0.1, -0.05) is 125 Å². The Bertz CT molecular complexity index is 2810. The van der Waals surface area contributed by atoms with E-state index in [1.54, 1.807) is 65.1 Å². The number of ketones is 3. The van der Waals surface area contributed by atoms with E-state index in [9.17, 15) is 43.8 Å². The molecular formula is C69H95ClN2O16S. The monoisotopic (exact) mass is 1270 g/mol. The normalized spacial score (nSPS) is 32.8. The average molecular weight is 1280 g/mol. The van der Waals surface area contributed by atoms with Crippen molar-refractivity contribution < 1.29 is 76.9 Å². The summed E-state index contributed by atoms with van der Waals surface area (Å²) in [5.74, 6) is -8.64. The fourth-order valence-electron chi connectivity index (χ4n) is 12.4. The summed E-state index contributed by atoms with van der Waals surface area (Å²) in [6.45, 7) is 12.5.